The van der Waals surface area contributed by atoms with E-state index in [2.05, 4.69) is 22.4 Å². The third kappa shape index (κ3) is 4.07. The summed E-state index contributed by atoms with van der Waals surface area (Å²) in [6.45, 7) is 3.30. The Balaban J connectivity index is 1.42. The summed E-state index contributed by atoms with van der Waals surface area (Å²) in [6, 6.07) is 10.1. The van der Waals surface area contributed by atoms with Crippen LogP contribution in [0.2, 0.25) is 0 Å². The highest BCUT2D eigenvalue weighted by Gasteiger charge is 2.22. The van der Waals surface area contributed by atoms with Gasteiger partial charge in [-0.15, -0.1) is 0 Å². The van der Waals surface area contributed by atoms with Crippen LogP contribution in [0.1, 0.15) is 50.2 Å². The Kier molecular flexibility index (Phi) is 5.06. The summed E-state index contributed by atoms with van der Waals surface area (Å²) in [5.41, 5.74) is 0. The molecule has 1 aliphatic carbocycles. The Morgan fingerprint density at radius 3 is 2.82 bits per heavy atom. The van der Waals surface area contributed by atoms with Gasteiger partial charge in [-0.25, -0.2) is 0 Å². The number of para-hydroxylation sites is 1. The van der Waals surface area contributed by atoms with Crippen molar-refractivity contribution in [2.45, 2.75) is 51.1 Å². The molecule has 0 radical (unpaired) electrons. The van der Waals surface area contributed by atoms with Crippen molar-refractivity contribution >= 4 is 0 Å². The molecular formula is C17H23N3O2. The van der Waals surface area contributed by atoms with Crippen LogP contribution in [0.4, 0.5) is 0 Å². The minimum Gasteiger partial charge on any atom is -0.492 e. The van der Waals surface area contributed by atoms with Gasteiger partial charge in [0.15, 0.2) is 5.82 Å². The maximum atomic E-state index is 5.72. The standard InChI is InChI=1S/C17H23N3O2/c1-13(12-21-15-9-3-2-4-10-15)18-11-16-19-17(22-20-16)14-7-5-6-8-14/h2-4,9-10,13-14,18H,5-8,11-12H2,1H3. The molecule has 5 heteroatoms. The fraction of sp³-hybridized carbons (Fsp3) is 0.529. The number of benzene rings is 1. The number of rotatable bonds is 7. The number of hydrogen-bond acceptors (Lipinski definition) is 5. The average molecular weight is 301 g/mol. The number of aromatic nitrogens is 2. The minimum atomic E-state index is 0.216. The summed E-state index contributed by atoms with van der Waals surface area (Å²) in [6.07, 6.45) is 4.90. The molecule has 0 spiro atoms. The molecule has 1 heterocycles. The lowest BCUT2D eigenvalue weighted by atomic mass is 10.1. The zero-order valence-electron chi connectivity index (χ0n) is 13.0. The molecule has 22 heavy (non-hydrogen) atoms. The Morgan fingerprint density at radius 2 is 2.05 bits per heavy atom. The van der Waals surface area contributed by atoms with Gasteiger partial charge in [0, 0.05) is 12.0 Å². The molecule has 1 aromatic carbocycles. The van der Waals surface area contributed by atoms with E-state index in [-0.39, 0.29) is 6.04 Å². The SMILES string of the molecule is CC(COc1ccccc1)NCc1noc(C2CCCC2)n1. The Hall–Kier alpha value is -1.88. The first-order chi connectivity index (χ1) is 10.8. The van der Waals surface area contributed by atoms with E-state index in [4.69, 9.17) is 9.26 Å². The third-order valence-electron chi connectivity index (χ3n) is 4.04. The molecule has 0 saturated heterocycles. The molecule has 0 aliphatic heterocycles. The maximum absolute atomic E-state index is 5.72. The van der Waals surface area contributed by atoms with E-state index in [1.54, 1.807) is 0 Å². The molecule has 1 N–H and O–H groups in total. The lowest BCUT2D eigenvalue weighted by molar-refractivity contribution is 0.271. The van der Waals surface area contributed by atoms with Crippen molar-refractivity contribution in [1.29, 1.82) is 0 Å². The van der Waals surface area contributed by atoms with Crippen LogP contribution >= 0.6 is 0 Å². The van der Waals surface area contributed by atoms with Gasteiger partial charge >= 0.3 is 0 Å². The topological polar surface area (TPSA) is 60.2 Å². The molecule has 1 unspecified atom stereocenters. The zero-order valence-corrected chi connectivity index (χ0v) is 13.0. The van der Waals surface area contributed by atoms with Crippen LogP contribution in [-0.4, -0.2) is 22.8 Å². The molecule has 0 bridgehead atoms. The smallest absolute Gasteiger partial charge is 0.229 e. The lowest BCUT2D eigenvalue weighted by Gasteiger charge is -2.13. The minimum absolute atomic E-state index is 0.216. The summed E-state index contributed by atoms with van der Waals surface area (Å²) in [5.74, 6) is 2.90. The fourth-order valence-electron chi connectivity index (χ4n) is 2.74. The van der Waals surface area contributed by atoms with E-state index >= 15 is 0 Å². The molecule has 5 nitrogen and oxygen atoms in total. The Bertz CT molecular complexity index is 564. The van der Waals surface area contributed by atoms with Crippen molar-refractivity contribution in [2.24, 2.45) is 0 Å². The second-order valence-corrected chi connectivity index (χ2v) is 5.94. The second kappa shape index (κ2) is 7.40. The predicted octanol–water partition coefficient (Wildman–Crippen LogP) is 3.28. The molecule has 1 fully saturated rings. The molecule has 1 aromatic heterocycles. The number of nitrogens with zero attached hydrogens (tertiary/aromatic N) is 2. The molecule has 1 aliphatic rings. The van der Waals surface area contributed by atoms with Crippen LogP contribution in [-0.2, 0) is 6.54 Å². The Labute approximate surface area is 131 Å². The van der Waals surface area contributed by atoms with E-state index < -0.39 is 0 Å². The van der Waals surface area contributed by atoms with E-state index in [1.165, 1.54) is 25.7 Å². The van der Waals surface area contributed by atoms with Crippen LogP contribution in [0.25, 0.3) is 0 Å². The highest BCUT2D eigenvalue weighted by atomic mass is 16.5. The molecule has 118 valence electrons. The van der Waals surface area contributed by atoms with Crippen molar-refractivity contribution in [3.05, 3.63) is 42.0 Å². The summed E-state index contributed by atoms with van der Waals surface area (Å²) >= 11 is 0. The maximum Gasteiger partial charge on any atom is 0.229 e. The summed E-state index contributed by atoms with van der Waals surface area (Å²) in [7, 11) is 0. The van der Waals surface area contributed by atoms with Crippen LogP contribution in [0.5, 0.6) is 5.75 Å². The van der Waals surface area contributed by atoms with Gasteiger partial charge in [-0.2, -0.15) is 4.98 Å². The van der Waals surface area contributed by atoms with Gasteiger partial charge in [0.05, 0.1) is 6.54 Å². The van der Waals surface area contributed by atoms with Gasteiger partial charge in [-0.1, -0.05) is 36.2 Å². The summed E-state index contributed by atoms with van der Waals surface area (Å²) in [5, 5.41) is 7.42. The van der Waals surface area contributed by atoms with Crippen LogP contribution in [0, 0.1) is 0 Å². The average Bonchev–Trinajstić information content (AvgIpc) is 3.22. The summed E-state index contributed by atoms with van der Waals surface area (Å²) < 4.78 is 11.1. The first kappa shape index (κ1) is 15.0. The summed E-state index contributed by atoms with van der Waals surface area (Å²) in [4.78, 5) is 4.50. The normalized spacial score (nSPS) is 16.8. The quantitative estimate of drug-likeness (QED) is 0.850. The van der Waals surface area contributed by atoms with Gasteiger partial charge in [0.25, 0.3) is 0 Å². The molecule has 2 aromatic rings. The van der Waals surface area contributed by atoms with Crippen molar-refractivity contribution < 1.29 is 9.26 Å². The van der Waals surface area contributed by atoms with Crippen LogP contribution in [0.3, 0.4) is 0 Å². The van der Waals surface area contributed by atoms with E-state index in [9.17, 15) is 0 Å². The van der Waals surface area contributed by atoms with E-state index in [0.29, 0.717) is 19.1 Å². The van der Waals surface area contributed by atoms with E-state index in [0.717, 1.165) is 17.5 Å². The second-order valence-electron chi connectivity index (χ2n) is 5.94. The van der Waals surface area contributed by atoms with Crippen molar-refractivity contribution in [3.63, 3.8) is 0 Å². The van der Waals surface area contributed by atoms with Crippen molar-refractivity contribution in [1.82, 2.24) is 15.5 Å². The van der Waals surface area contributed by atoms with Gasteiger partial charge in [0.2, 0.25) is 5.89 Å². The van der Waals surface area contributed by atoms with Gasteiger partial charge < -0.3 is 14.6 Å². The van der Waals surface area contributed by atoms with Gasteiger partial charge in [-0.3, -0.25) is 0 Å². The van der Waals surface area contributed by atoms with Gasteiger partial charge in [0.1, 0.15) is 12.4 Å². The Morgan fingerprint density at radius 1 is 1.27 bits per heavy atom. The van der Waals surface area contributed by atoms with Crippen LogP contribution < -0.4 is 10.1 Å². The first-order valence-corrected chi connectivity index (χ1v) is 8.05. The number of ether oxygens (including phenoxy) is 1. The molecule has 0 amide bonds. The van der Waals surface area contributed by atoms with E-state index in [1.807, 2.05) is 30.3 Å². The molecule has 1 atom stereocenters. The molecule has 1 saturated carbocycles. The van der Waals surface area contributed by atoms with Gasteiger partial charge in [-0.05, 0) is 31.9 Å². The number of nitrogens with one attached hydrogen (secondary N) is 1. The highest BCUT2D eigenvalue weighted by Crippen LogP contribution is 2.32. The molecular weight excluding hydrogens is 278 g/mol. The lowest BCUT2D eigenvalue weighted by Crippen LogP contribution is -2.31. The fourth-order valence-corrected chi connectivity index (χ4v) is 2.74. The van der Waals surface area contributed by atoms with Crippen molar-refractivity contribution in [3.8, 4) is 5.75 Å². The monoisotopic (exact) mass is 301 g/mol. The highest BCUT2D eigenvalue weighted by molar-refractivity contribution is 5.20. The first-order valence-electron chi connectivity index (χ1n) is 8.05. The predicted molar refractivity (Wildman–Crippen MR) is 83.7 cm³/mol. The zero-order chi connectivity index (χ0) is 15.2. The molecule has 3 rings (SSSR count). The largest absolute Gasteiger partial charge is 0.492 e. The van der Waals surface area contributed by atoms with Crippen LogP contribution in [0.15, 0.2) is 34.9 Å². The van der Waals surface area contributed by atoms with Crippen molar-refractivity contribution in [2.75, 3.05) is 6.61 Å². The number of hydrogen-bond donors (Lipinski definition) is 1. The third-order valence-corrected chi connectivity index (χ3v) is 4.04.